The number of aryl methyl sites for hydroxylation is 1. The topological polar surface area (TPSA) is 75.3 Å². The molecule has 0 aliphatic carbocycles. The zero-order valence-electron chi connectivity index (χ0n) is 11.2. The van der Waals surface area contributed by atoms with Crippen LogP contribution >= 0.6 is 23.8 Å². The minimum Gasteiger partial charge on any atom is -0.508 e. The molecule has 0 aromatic heterocycles. The van der Waals surface area contributed by atoms with Crippen LogP contribution in [0, 0.1) is 6.92 Å². The van der Waals surface area contributed by atoms with E-state index in [4.69, 9.17) is 29.6 Å². The second-order valence-electron chi connectivity index (χ2n) is 4.51. The van der Waals surface area contributed by atoms with Crippen LogP contribution in [-0.4, -0.2) is 16.0 Å². The van der Waals surface area contributed by atoms with E-state index in [1.54, 1.807) is 12.1 Å². The number of phenolic OH excluding ortho intramolecular Hbond substituents is 1. The molecule has 6 heteroatoms. The fourth-order valence-corrected chi connectivity index (χ4v) is 2.12. The summed E-state index contributed by atoms with van der Waals surface area (Å²) in [5, 5.41) is 12.4. The first-order valence-corrected chi connectivity index (χ1v) is 6.87. The maximum atomic E-state index is 12.2. The lowest BCUT2D eigenvalue weighted by Gasteiger charge is -2.11. The molecule has 0 radical (unpaired) electrons. The van der Waals surface area contributed by atoms with Gasteiger partial charge in [-0.25, -0.2) is 0 Å². The van der Waals surface area contributed by atoms with E-state index in [0.717, 1.165) is 5.56 Å². The fourth-order valence-electron chi connectivity index (χ4n) is 1.79. The van der Waals surface area contributed by atoms with Crippen LogP contribution in [0.3, 0.4) is 0 Å². The zero-order valence-corrected chi connectivity index (χ0v) is 12.8. The third kappa shape index (κ3) is 3.51. The molecule has 0 unspecified atom stereocenters. The largest absolute Gasteiger partial charge is 0.508 e. The molecule has 2 aromatic carbocycles. The summed E-state index contributed by atoms with van der Waals surface area (Å²) in [6, 6.07) is 9.49. The van der Waals surface area contributed by atoms with Gasteiger partial charge < -0.3 is 16.2 Å². The lowest BCUT2D eigenvalue weighted by molar-refractivity contribution is 0.102. The summed E-state index contributed by atoms with van der Waals surface area (Å²) in [6.07, 6.45) is 0. The number of hydrogen-bond acceptors (Lipinski definition) is 3. The van der Waals surface area contributed by atoms with Gasteiger partial charge in [0.2, 0.25) is 0 Å². The molecule has 2 aromatic rings. The van der Waals surface area contributed by atoms with Crippen molar-refractivity contribution in [1.82, 2.24) is 0 Å². The normalized spacial score (nSPS) is 10.2. The highest BCUT2D eigenvalue weighted by Crippen LogP contribution is 2.23. The standard InChI is InChI=1S/C15H13ClN2O2S/c1-8-2-3-9(14(17)21)6-13(8)18-15(20)11-7-10(19)4-5-12(11)16/h2-7,19H,1H3,(H2,17,21)(H,18,20). The summed E-state index contributed by atoms with van der Waals surface area (Å²) in [4.78, 5) is 12.5. The quantitative estimate of drug-likeness (QED) is 0.759. The van der Waals surface area contributed by atoms with Gasteiger partial charge in [0.25, 0.3) is 5.91 Å². The lowest BCUT2D eigenvalue weighted by atomic mass is 10.1. The van der Waals surface area contributed by atoms with Crippen molar-refractivity contribution in [3.63, 3.8) is 0 Å². The minimum atomic E-state index is -0.418. The molecule has 0 atom stereocenters. The molecule has 0 saturated heterocycles. The van der Waals surface area contributed by atoms with Gasteiger partial charge in [-0.3, -0.25) is 4.79 Å². The predicted octanol–water partition coefficient (Wildman–Crippen LogP) is 3.24. The Bertz CT molecular complexity index is 732. The highest BCUT2D eigenvalue weighted by atomic mass is 35.5. The summed E-state index contributed by atoms with van der Waals surface area (Å²) in [5.74, 6) is -0.447. The number of nitrogens with one attached hydrogen (secondary N) is 1. The van der Waals surface area contributed by atoms with E-state index in [2.05, 4.69) is 5.32 Å². The summed E-state index contributed by atoms with van der Waals surface area (Å²) in [7, 11) is 0. The molecule has 0 aliphatic rings. The lowest BCUT2D eigenvalue weighted by Crippen LogP contribution is -2.15. The van der Waals surface area contributed by atoms with Gasteiger partial charge in [0.1, 0.15) is 10.7 Å². The Kier molecular flexibility index (Phi) is 4.45. The second-order valence-corrected chi connectivity index (χ2v) is 5.36. The number of halogens is 1. The number of carbonyl (C=O) groups is 1. The number of anilines is 1. The van der Waals surface area contributed by atoms with Crippen molar-refractivity contribution in [2.45, 2.75) is 6.92 Å². The highest BCUT2D eigenvalue weighted by Gasteiger charge is 2.13. The van der Waals surface area contributed by atoms with Gasteiger partial charge in [0.05, 0.1) is 10.6 Å². The van der Waals surface area contributed by atoms with Crippen LogP contribution in [0.1, 0.15) is 21.5 Å². The first-order chi connectivity index (χ1) is 9.88. The molecule has 0 spiro atoms. The first kappa shape index (κ1) is 15.3. The molecule has 0 saturated carbocycles. The Morgan fingerprint density at radius 3 is 2.67 bits per heavy atom. The van der Waals surface area contributed by atoms with E-state index in [1.807, 2.05) is 13.0 Å². The molecule has 0 aliphatic heterocycles. The Hall–Kier alpha value is -2.11. The monoisotopic (exact) mass is 320 g/mol. The van der Waals surface area contributed by atoms with Crippen molar-refractivity contribution in [3.05, 3.63) is 58.1 Å². The number of amides is 1. The molecule has 0 fully saturated rings. The summed E-state index contributed by atoms with van der Waals surface area (Å²) >= 11 is 10.9. The van der Waals surface area contributed by atoms with Gasteiger partial charge in [-0.1, -0.05) is 36.0 Å². The number of rotatable bonds is 3. The van der Waals surface area contributed by atoms with E-state index in [1.165, 1.54) is 18.2 Å². The molecule has 4 nitrogen and oxygen atoms in total. The van der Waals surface area contributed by atoms with Crippen molar-refractivity contribution in [2.75, 3.05) is 5.32 Å². The number of hydrogen-bond donors (Lipinski definition) is 3. The van der Waals surface area contributed by atoms with Crippen LogP contribution in [0.5, 0.6) is 5.75 Å². The molecule has 108 valence electrons. The van der Waals surface area contributed by atoms with Crippen LogP contribution in [0.15, 0.2) is 36.4 Å². The van der Waals surface area contributed by atoms with Gasteiger partial charge in [-0.15, -0.1) is 0 Å². The maximum absolute atomic E-state index is 12.2. The Balaban J connectivity index is 2.33. The average molecular weight is 321 g/mol. The van der Waals surface area contributed by atoms with E-state index in [0.29, 0.717) is 11.3 Å². The van der Waals surface area contributed by atoms with Crippen molar-refractivity contribution >= 4 is 40.4 Å². The van der Waals surface area contributed by atoms with Crippen molar-refractivity contribution < 1.29 is 9.90 Å². The predicted molar refractivity (Wildman–Crippen MR) is 88.1 cm³/mol. The molecule has 0 bridgehead atoms. The number of carbonyl (C=O) groups excluding carboxylic acids is 1. The number of thiocarbonyl (C=S) groups is 1. The van der Waals surface area contributed by atoms with E-state index in [9.17, 15) is 9.90 Å². The Morgan fingerprint density at radius 1 is 1.29 bits per heavy atom. The SMILES string of the molecule is Cc1ccc(C(N)=S)cc1NC(=O)c1cc(O)ccc1Cl. The Labute approximate surface area is 132 Å². The molecule has 4 N–H and O–H groups in total. The molecular formula is C15H13ClN2O2S. The summed E-state index contributed by atoms with van der Waals surface area (Å²) < 4.78 is 0. The van der Waals surface area contributed by atoms with E-state index in [-0.39, 0.29) is 21.3 Å². The zero-order chi connectivity index (χ0) is 15.6. The molecule has 1 amide bonds. The van der Waals surface area contributed by atoms with Gasteiger partial charge in [0, 0.05) is 11.3 Å². The van der Waals surface area contributed by atoms with Crippen molar-refractivity contribution in [2.24, 2.45) is 5.73 Å². The van der Waals surface area contributed by atoms with Crippen molar-refractivity contribution in [1.29, 1.82) is 0 Å². The van der Waals surface area contributed by atoms with Crippen LogP contribution in [0.25, 0.3) is 0 Å². The smallest absolute Gasteiger partial charge is 0.257 e. The van der Waals surface area contributed by atoms with Crippen LogP contribution in [0.4, 0.5) is 5.69 Å². The number of benzene rings is 2. The Morgan fingerprint density at radius 2 is 2.00 bits per heavy atom. The minimum absolute atomic E-state index is 0.0295. The van der Waals surface area contributed by atoms with Gasteiger partial charge in [0.15, 0.2) is 0 Å². The van der Waals surface area contributed by atoms with Crippen molar-refractivity contribution in [3.8, 4) is 5.75 Å². The summed E-state index contributed by atoms with van der Waals surface area (Å²) in [5.41, 5.74) is 7.88. The van der Waals surface area contributed by atoms with Gasteiger partial charge in [-0.05, 0) is 36.8 Å². The molecule has 21 heavy (non-hydrogen) atoms. The number of nitrogens with two attached hydrogens (primary N) is 1. The average Bonchev–Trinajstić information content (AvgIpc) is 2.43. The molecule has 0 heterocycles. The number of aromatic hydroxyl groups is 1. The third-order valence-corrected chi connectivity index (χ3v) is 3.53. The van der Waals surface area contributed by atoms with E-state index < -0.39 is 5.91 Å². The fraction of sp³-hybridized carbons (Fsp3) is 0.0667. The maximum Gasteiger partial charge on any atom is 0.257 e. The van der Waals surface area contributed by atoms with E-state index >= 15 is 0 Å². The second kappa shape index (κ2) is 6.11. The molecular weight excluding hydrogens is 308 g/mol. The third-order valence-electron chi connectivity index (χ3n) is 2.96. The highest BCUT2D eigenvalue weighted by molar-refractivity contribution is 7.80. The number of phenols is 1. The van der Waals surface area contributed by atoms with Gasteiger partial charge in [-0.2, -0.15) is 0 Å². The van der Waals surface area contributed by atoms with Crippen LogP contribution < -0.4 is 11.1 Å². The van der Waals surface area contributed by atoms with Crippen LogP contribution in [0.2, 0.25) is 5.02 Å². The van der Waals surface area contributed by atoms with Gasteiger partial charge >= 0.3 is 0 Å². The molecule has 2 rings (SSSR count). The van der Waals surface area contributed by atoms with Crippen LogP contribution in [-0.2, 0) is 0 Å². The summed E-state index contributed by atoms with van der Waals surface area (Å²) in [6.45, 7) is 1.85. The first-order valence-electron chi connectivity index (χ1n) is 6.09.